The lowest BCUT2D eigenvalue weighted by molar-refractivity contribution is 0.0950. The molecule has 2 aliphatic rings. The summed E-state index contributed by atoms with van der Waals surface area (Å²) in [5.41, 5.74) is 4.82. The van der Waals surface area contributed by atoms with Crippen molar-refractivity contribution in [3.8, 4) is 0 Å². The summed E-state index contributed by atoms with van der Waals surface area (Å²) in [4.78, 5) is 14.4. The van der Waals surface area contributed by atoms with Gasteiger partial charge in [0.05, 0.1) is 0 Å². The Labute approximate surface area is 155 Å². The van der Waals surface area contributed by atoms with Crippen molar-refractivity contribution in [2.45, 2.75) is 44.3 Å². The molecule has 2 atom stereocenters. The minimum absolute atomic E-state index is 0.0277. The number of hydrogen-bond donors (Lipinski definition) is 1. The van der Waals surface area contributed by atoms with Gasteiger partial charge in [-0.2, -0.15) is 0 Å². The number of carbonyl (C=O) groups excluding carboxylic acids is 1. The maximum Gasteiger partial charge on any atom is 0.251 e. The molecule has 26 heavy (non-hydrogen) atoms. The van der Waals surface area contributed by atoms with Gasteiger partial charge in [0.25, 0.3) is 5.91 Å². The van der Waals surface area contributed by atoms with Crippen molar-refractivity contribution < 1.29 is 4.79 Å². The fraction of sp³-hybridized carbons (Fsp3) is 0.348. The first-order valence-electron chi connectivity index (χ1n) is 9.57. The first kappa shape index (κ1) is 17.0. The predicted molar refractivity (Wildman–Crippen MR) is 106 cm³/mol. The highest BCUT2D eigenvalue weighted by Gasteiger charge is 2.33. The highest BCUT2D eigenvalue weighted by molar-refractivity contribution is 5.94. The molecule has 1 saturated heterocycles. The number of nitrogens with one attached hydrogen (secondary N) is 1. The fourth-order valence-corrected chi connectivity index (χ4v) is 4.35. The number of nitrogens with zero attached hydrogens (tertiary/aromatic N) is 1. The number of fused-ring (bicyclic) bond motifs is 2. The number of rotatable bonds is 4. The summed E-state index contributed by atoms with van der Waals surface area (Å²) < 4.78 is 0. The SMILES string of the molecule is CNC(=O)c1ccc(C2=CC3CCCC(C2)N3Cc2ccccc2)cc1. The summed E-state index contributed by atoms with van der Waals surface area (Å²) in [5.74, 6) is -0.0277. The van der Waals surface area contributed by atoms with Crippen LogP contribution in [0.5, 0.6) is 0 Å². The fourth-order valence-electron chi connectivity index (χ4n) is 4.35. The van der Waals surface area contributed by atoms with E-state index in [1.54, 1.807) is 7.05 Å². The zero-order valence-corrected chi connectivity index (χ0v) is 15.3. The molecule has 0 saturated carbocycles. The molecule has 2 aliphatic heterocycles. The van der Waals surface area contributed by atoms with E-state index >= 15 is 0 Å². The molecule has 2 unspecified atom stereocenters. The van der Waals surface area contributed by atoms with Crippen LogP contribution in [0.1, 0.15) is 47.2 Å². The zero-order chi connectivity index (χ0) is 17.9. The first-order chi connectivity index (χ1) is 12.7. The number of amides is 1. The van der Waals surface area contributed by atoms with Crippen LogP contribution in [0, 0.1) is 0 Å². The average Bonchev–Trinajstić information content (AvgIpc) is 2.68. The van der Waals surface area contributed by atoms with Crippen LogP contribution in [0.3, 0.4) is 0 Å². The third-order valence-electron chi connectivity index (χ3n) is 5.73. The molecule has 2 heterocycles. The Bertz CT molecular complexity index is 795. The van der Waals surface area contributed by atoms with Gasteiger partial charge in [0.15, 0.2) is 0 Å². The van der Waals surface area contributed by atoms with Gasteiger partial charge in [0.2, 0.25) is 0 Å². The van der Waals surface area contributed by atoms with Crippen LogP contribution in [-0.4, -0.2) is 29.9 Å². The number of piperidine rings is 1. The van der Waals surface area contributed by atoms with Gasteiger partial charge in [-0.1, -0.05) is 55.0 Å². The highest BCUT2D eigenvalue weighted by atomic mass is 16.1. The third kappa shape index (κ3) is 3.45. The Morgan fingerprint density at radius 3 is 2.54 bits per heavy atom. The largest absolute Gasteiger partial charge is 0.355 e. The van der Waals surface area contributed by atoms with E-state index in [1.807, 2.05) is 12.1 Å². The predicted octanol–water partition coefficient (Wildman–Crippen LogP) is 4.26. The minimum Gasteiger partial charge on any atom is -0.355 e. The van der Waals surface area contributed by atoms with Gasteiger partial charge in [0, 0.05) is 31.2 Å². The highest BCUT2D eigenvalue weighted by Crippen LogP contribution is 2.37. The van der Waals surface area contributed by atoms with Crippen LogP contribution in [-0.2, 0) is 6.54 Å². The molecule has 3 nitrogen and oxygen atoms in total. The summed E-state index contributed by atoms with van der Waals surface area (Å²) in [6.45, 7) is 1.04. The standard InChI is InChI=1S/C23H26N2O/c1-24-23(26)19-12-10-18(11-13-19)20-14-21-8-5-9-22(15-20)25(21)16-17-6-3-2-4-7-17/h2-4,6-7,10-14,21-22H,5,8-9,15-16H2,1H3,(H,24,26). The maximum atomic E-state index is 11.7. The molecule has 0 aromatic heterocycles. The normalized spacial score (nSPS) is 22.6. The van der Waals surface area contributed by atoms with Crippen LogP contribution in [0.2, 0.25) is 0 Å². The van der Waals surface area contributed by atoms with E-state index in [4.69, 9.17) is 0 Å². The molecule has 134 valence electrons. The number of benzene rings is 2. The Morgan fingerprint density at radius 2 is 1.85 bits per heavy atom. The Hall–Kier alpha value is -2.39. The van der Waals surface area contributed by atoms with E-state index in [0.29, 0.717) is 12.1 Å². The lowest BCUT2D eigenvalue weighted by atomic mass is 9.82. The zero-order valence-electron chi connectivity index (χ0n) is 15.3. The molecular formula is C23H26N2O. The van der Waals surface area contributed by atoms with E-state index in [-0.39, 0.29) is 5.91 Å². The van der Waals surface area contributed by atoms with Crippen molar-refractivity contribution in [3.63, 3.8) is 0 Å². The average molecular weight is 346 g/mol. The maximum absolute atomic E-state index is 11.7. The van der Waals surface area contributed by atoms with Gasteiger partial charge in [0.1, 0.15) is 0 Å². The molecule has 3 heteroatoms. The molecule has 0 spiro atoms. The van der Waals surface area contributed by atoms with Crippen LogP contribution in [0.4, 0.5) is 0 Å². The molecule has 0 radical (unpaired) electrons. The Morgan fingerprint density at radius 1 is 1.08 bits per heavy atom. The monoisotopic (exact) mass is 346 g/mol. The molecule has 2 aromatic carbocycles. The molecule has 4 rings (SSSR count). The van der Waals surface area contributed by atoms with E-state index in [2.05, 4.69) is 58.8 Å². The van der Waals surface area contributed by atoms with Crippen LogP contribution < -0.4 is 5.32 Å². The summed E-state index contributed by atoms with van der Waals surface area (Å²) >= 11 is 0. The molecule has 2 aromatic rings. The topological polar surface area (TPSA) is 32.3 Å². The second-order valence-electron chi connectivity index (χ2n) is 7.36. The molecular weight excluding hydrogens is 320 g/mol. The second-order valence-corrected chi connectivity index (χ2v) is 7.36. The first-order valence-corrected chi connectivity index (χ1v) is 9.57. The van der Waals surface area contributed by atoms with Crippen LogP contribution in [0.15, 0.2) is 60.7 Å². The summed E-state index contributed by atoms with van der Waals surface area (Å²) in [5, 5.41) is 2.68. The lowest BCUT2D eigenvalue weighted by Gasteiger charge is -2.45. The summed E-state index contributed by atoms with van der Waals surface area (Å²) in [6.07, 6.45) is 7.40. The van der Waals surface area contributed by atoms with Gasteiger partial charge in [-0.05, 0) is 48.1 Å². The molecule has 0 aliphatic carbocycles. The molecule has 1 fully saturated rings. The van der Waals surface area contributed by atoms with Crippen molar-refractivity contribution >= 4 is 11.5 Å². The van der Waals surface area contributed by atoms with Crippen molar-refractivity contribution in [2.75, 3.05) is 7.05 Å². The van der Waals surface area contributed by atoms with Crippen molar-refractivity contribution in [3.05, 3.63) is 77.4 Å². The number of carbonyl (C=O) groups is 1. The molecule has 1 amide bonds. The summed E-state index contributed by atoms with van der Waals surface area (Å²) in [6, 6.07) is 20.0. The Balaban J connectivity index is 1.55. The lowest BCUT2D eigenvalue weighted by Crippen LogP contribution is -2.47. The van der Waals surface area contributed by atoms with E-state index in [1.165, 1.54) is 36.0 Å². The minimum atomic E-state index is -0.0277. The quantitative estimate of drug-likeness (QED) is 0.897. The van der Waals surface area contributed by atoms with Gasteiger partial charge in [-0.3, -0.25) is 9.69 Å². The van der Waals surface area contributed by atoms with Crippen LogP contribution >= 0.6 is 0 Å². The smallest absolute Gasteiger partial charge is 0.251 e. The van der Waals surface area contributed by atoms with Gasteiger partial charge >= 0.3 is 0 Å². The van der Waals surface area contributed by atoms with Crippen molar-refractivity contribution in [2.24, 2.45) is 0 Å². The van der Waals surface area contributed by atoms with E-state index in [0.717, 1.165) is 18.5 Å². The van der Waals surface area contributed by atoms with Gasteiger partial charge in [-0.15, -0.1) is 0 Å². The number of hydrogen-bond acceptors (Lipinski definition) is 2. The van der Waals surface area contributed by atoms with E-state index in [9.17, 15) is 4.79 Å². The third-order valence-corrected chi connectivity index (χ3v) is 5.73. The van der Waals surface area contributed by atoms with E-state index < -0.39 is 0 Å². The van der Waals surface area contributed by atoms with Crippen molar-refractivity contribution in [1.29, 1.82) is 0 Å². The molecule has 2 bridgehead atoms. The van der Waals surface area contributed by atoms with Gasteiger partial charge in [-0.25, -0.2) is 0 Å². The Kier molecular flexibility index (Phi) is 4.89. The summed E-state index contributed by atoms with van der Waals surface area (Å²) in [7, 11) is 1.67. The molecule has 1 N–H and O–H groups in total. The van der Waals surface area contributed by atoms with Crippen molar-refractivity contribution in [1.82, 2.24) is 10.2 Å². The second kappa shape index (κ2) is 7.46. The van der Waals surface area contributed by atoms with Crippen LogP contribution in [0.25, 0.3) is 5.57 Å². The van der Waals surface area contributed by atoms with Gasteiger partial charge < -0.3 is 5.32 Å².